The van der Waals surface area contributed by atoms with Crippen molar-refractivity contribution in [2.75, 3.05) is 21.3 Å². The lowest BCUT2D eigenvalue weighted by Crippen LogP contribution is -2.19. The number of likely N-dealkylation sites (N-methyl/N-ethyl adjacent to an activating group) is 1. The van der Waals surface area contributed by atoms with Crippen molar-refractivity contribution in [2.24, 2.45) is 0 Å². The molecule has 4 nitrogen and oxygen atoms in total. The van der Waals surface area contributed by atoms with Crippen molar-refractivity contribution in [3.63, 3.8) is 0 Å². The summed E-state index contributed by atoms with van der Waals surface area (Å²) in [5, 5.41) is 5.41. The van der Waals surface area contributed by atoms with Gasteiger partial charge in [-0.1, -0.05) is 0 Å². The number of pyridine rings is 1. The number of aromatic nitrogens is 1. The normalized spacial score (nSPS) is 12.2. The smallest absolute Gasteiger partial charge is 0.134 e. The molecule has 2 aromatic rings. The van der Waals surface area contributed by atoms with Gasteiger partial charge in [0.1, 0.15) is 11.5 Å². The summed E-state index contributed by atoms with van der Waals surface area (Å²) in [4.78, 5) is 5.78. The Morgan fingerprint density at radius 1 is 1.29 bits per heavy atom. The standard InChI is InChI=1S/C16H22N2O2S/c1-10-9-18-12(11(2)15(10)20-5)8-13(17-3)16-14(19-4)6-7-21-16/h6-7,9,13,17H,8H2,1-5H3. The highest BCUT2D eigenvalue weighted by atomic mass is 32.1. The number of nitrogens with one attached hydrogen (secondary N) is 1. The molecule has 0 amide bonds. The maximum absolute atomic E-state index is 5.48. The summed E-state index contributed by atoms with van der Waals surface area (Å²) in [6.45, 7) is 4.08. The Bertz CT molecular complexity index is 610. The summed E-state index contributed by atoms with van der Waals surface area (Å²) in [7, 11) is 5.37. The van der Waals surface area contributed by atoms with Crippen LogP contribution in [0, 0.1) is 13.8 Å². The van der Waals surface area contributed by atoms with Crippen LogP contribution in [0.1, 0.15) is 27.7 Å². The third-order valence-corrected chi connectivity index (χ3v) is 4.70. The van der Waals surface area contributed by atoms with Crippen LogP contribution < -0.4 is 14.8 Å². The van der Waals surface area contributed by atoms with Gasteiger partial charge in [0, 0.05) is 29.4 Å². The summed E-state index contributed by atoms with van der Waals surface area (Å²) in [6.07, 6.45) is 2.68. The second-order valence-electron chi connectivity index (χ2n) is 4.94. The maximum Gasteiger partial charge on any atom is 0.134 e. The molecular formula is C16H22N2O2S. The van der Waals surface area contributed by atoms with Crippen LogP contribution >= 0.6 is 11.3 Å². The first-order chi connectivity index (χ1) is 10.1. The molecule has 21 heavy (non-hydrogen) atoms. The molecule has 0 aliphatic carbocycles. The molecule has 5 heteroatoms. The van der Waals surface area contributed by atoms with Crippen LogP contribution in [0.5, 0.6) is 11.5 Å². The van der Waals surface area contributed by atoms with E-state index in [4.69, 9.17) is 9.47 Å². The number of hydrogen-bond donors (Lipinski definition) is 1. The summed E-state index contributed by atoms with van der Waals surface area (Å²) < 4.78 is 10.9. The SMILES string of the molecule is CNC(Cc1ncc(C)c(OC)c1C)c1sccc1OC. The van der Waals surface area contributed by atoms with E-state index in [1.54, 1.807) is 25.6 Å². The number of thiophene rings is 1. The van der Waals surface area contributed by atoms with Crippen molar-refractivity contribution in [3.8, 4) is 11.5 Å². The minimum atomic E-state index is 0.179. The van der Waals surface area contributed by atoms with Crippen LogP contribution in [0.25, 0.3) is 0 Å². The summed E-state index contributed by atoms with van der Waals surface area (Å²) >= 11 is 1.70. The number of aryl methyl sites for hydroxylation is 1. The van der Waals surface area contributed by atoms with Crippen molar-refractivity contribution in [1.29, 1.82) is 0 Å². The monoisotopic (exact) mass is 306 g/mol. The number of hydrogen-bond acceptors (Lipinski definition) is 5. The lowest BCUT2D eigenvalue weighted by molar-refractivity contribution is 0.402. The highest BCUT2D eigenvalue weighted by molar-refractivity contribution is 7.10. The van der Waals surface area contributed by atoms with E-state index in [-0.39, 0.29) is 6.04 Å². The summed E-state index contributed by atoms with van der Waals surface area (Å²) in [5.41, 5.74) is 3.22. The molecule has 0 radical (unpaired) electrons. The number of ether oxygens (including phenoxy) is 2. The van der Waals surface area contributed by atoms with Gasteiger partial charge in [0.05, 0.1) is 25.1 Å². The third kappa shape index (κ3) is 3.19. The van der Waals surface area contributed by atoms with Gasteiger partial charge < -0.3 is 14.8 Å². The first-order valence-electron chi connectivity index (χ1n) is 6.90. The molecule has 0 aliphatic rings. The fourth-order valence-electron chi connectivity index (χ4n) is 2.53. The highest BCUT2D eigenvalue weighted by Gasteiger charge is 2.19. The second kappa shape index (κ2) is 6.91. The molecule has 0 saturated carbocycles. The van der Waals surface area contributed by atoms with Gasteiger partial charge in [-0.15, -0.1) is 11.3 Å². The van der Waals surface area contributed by atoms with Crippen molar-refractivity contribution in [3.05, 3.63) is 39.3 Å². The Morgan fingerprint density at radius 2 is 2.05 bits per heavy atom. The molecule has 2 heterocycles. The van der Waals surface area contributed by atoms with Crippen LogP contribution in [0.3, 0.4) is 0 Å². The predicted molar refractivity (Wildman–Crippen MR) is 86.6 cm³/mol. The molecule has 2 aromatic heterocycles. The number of nitrogens with zero attached hydrogens (tertiary/aromatic N) is 1. The molecule has 0 bridgehead atoms. The Kier molecular flexibility index (Phi) is 5.20. The number of methoxy groups -OCH3 is 2. The predicted octanol–water partition coefficient (Wildman–Crippen LogP) is 3.28. The van der Waals surface area contributed by atoms with Crippen LogP contribution in [0.15, 0.2) is 17.6 Å². The highest BCUT2D eigenvalue weighted by Crippen LogP contribution is 2.34. The van der Waals surface area contributed by atoms with Gasteiger partial charge in [-0.25, -0.2) is 0 Å². The molecule has 0 saturated heterocycles. The molecule has 114 valence electrons. The minimum Gasteiger partial charge on any atom is -0.496 e. The lowest BCUT2D eigenvalue weighted by Gasteiger charge is -2.18. The molecule has 0 fully saturated rings. The summed E-state index contributed by atoms with van der Waals surface area (Å²) in [5.74, 6) is 1.85. The molecule has 0 aliphatic heterocycles. The van der Waals surface area contributed by atoms with E-state index < -0.39 is 0 Å². The van der Waals surface area contributed by atoms with E-state index in [0.29, 0.717) is 0 Å². The zero-order valence-electron chi connectivity index (χ0n) is 13.2. The van der Waals surface area contributed by atoms with Gasteiger partial charge in [0.25, 0.3) is 0 Å². The molecular weight excluding hydrogens is 284 g/mol. The zero-order valence-corrected chi connectivity index (χ0v) is 14.0. The Morgan fingerprint density at radius 3 is 2.67 bits per heavy atom. The third-order valence-electron chi connectivity index (χ3n) is 3.69. The van der Waals surface area contributed by atoms with Crippen LogP contribution in [-0.2, 0) is 6.42 Å². The van der Waals surface area contributed by atoms with Gasteiger partial charge in [-0.2, -0.15) is 0 Å². The van der Waals surface area contributed by atoms with Crippen LogP contribution in [0.2, 0.25) is 0 Å². The first kappa shape index (κ1) is 15.8. The van der Waals surface area contributed by atoms with Crippen molar-refractivity contribution in [1.82, 2.24) is 10.3 Å². The Labute approximate surface area is 130 Å². The first-order valence-corrected chi connectivity index (χ1v) is 7.78. The van der Waals surface area contributed by atoms with E-state index >= 15 is 0 Å². The minimum absolute atomic E-state index is 0.179. The summed E-state index contributed by atoms with van der Waals surface area (Å²) in [6, 6.07) is 2.18. The van der Waals surface area contributed by atoms with E-state index in [1.807, 2.05) is 26.2 Å². The van der Waals surface area contributed by atoms with Gasteiger partial charge >= 0.3 is 0 Å². The quantitative estimate of drug-likeness (QED) is 0.889. The fraction of sp³-hybridized carbons (Fsp3) is 0.438. The van der Waals surface area contributed by atoms with Crippen molar-refractivity contribution >= 4 is 11.3 Å². The van der Waals surface area contributed by atoms with Gasteiger partial charge in [-0.05, 0) is 32.3 Å². The Hall–Kier alpha value is -1.59. The van der Waals surface area contributed by atoms with Crippen molar-refractivity contribution < 1.29 is 9.47 Å². The molecule has 1 N–H and O–H groups in total. The zero-order chi connectivity index (χ0) is 15.4. The molecule has 0 spiro atoms. The average molecular weight is 306 g/mol. The van der Waals surface area contributed by atoms with Crippen molar-refractivity contribution in [2.45, 2.75) is 26.3 Å². The van der Waals surface area contributed by atoms with Gasteiger partial charge in [0.2, 0.25) is 0 Å². The van der Waals surface area contributed by atoms with E-state index in [2.05, 4.69) is 22.6 Å². The van der Waals surface area contributed by atoms with E-state index in [0.717, 1.165) is 34.7 Å². The molecule has 1 atom stereocenters. The van der Waals surface area contributed by atoms with Gasteiger partial charge in [0.15, 0.2) is 0 Å². The fourth-order valence-corrected chi connectivity index (χ4v) is 3.50. The van der Waals surface area contributed by atoms with Crippen LogP contribution in [0.4, 0.5) is 0 Å². The van der Waals surface area contributed by atoms with E-state index in [1.165, 1.54) is 4.88 Å². The largest absolute Gasteiger partial charge is 0.496 e. The topological polar surface area (TPSA) is 43.4 Å². The van der Waals surface area contributed by atoms with Crippen LogP contribution in [-0.4, -0.2) is 26.3 Å². The second-order valence-corrected chi connectivity index (χ2v) is 5.89. The van der Waals surface area contributed by atoms with E-state index in [9.17, 15) is 0 Å². The molecule has 2 rings (SSSR count). The lowest BCUT2D eigenvalue weighted by atomic mass is 10.0. The van der Waals surface area contributed by atoms with Gasteiger partial charge in [-0.3, -0.25) is 4.98 Å². The maximum atomic E-state index is 5.48. The Balaban J connectivity index is 2.31. The molecule has 1 unspecified atom stereocenters. The number of rotatable bonds is 6. The molecule has 0 aromatic carbocycles. The average Bonchev–Trinajstić information content (AvgIpc) is 2.95.